The first-order valence-electron chi connectivity index (χ1n) is 3.54. The number of hydrogen-bond donors (Lipinski definition) is 4. The molecule has 1 aliphatic heterocycles. The van der Waals surface area contributed by atoms with Crippen molar-refractivity contribution in [2.45, 2.75) is 30.9 Å². The Morgan fingerprint density at radius 2 is 1.69 bits per heavy atom. The Bertz CT molecular complexity index is 184. The highest BCUT2D eigenvalue weighted by Gasteiger charge is 2.44. The number of carbonyl (C=O) groups is 1. The molecule has 1 saturated heterocycles. The third kappa shape index (κ3) is 1.95. The first-order valence-corrected chi connectivity index (χ1v) is 3.54. The zero-order valence-electron chi connectivity index (χ0n) is 6.48. The van der Waals surface area contributed by atoms with Gasteiger partial charge in [-0.05, 0) is 0 Å². The average Bonchev–Trinajstić information content (AvgIpc) is 2.11. The van der Waals surface area contributed by atoms with Crippen LogP contribution in [0.5, 0.6) is 0 Å². The molecule has 7 nitrogen and oxygen atoms in total. The third-order valence-electron chi connectivity index (χ3n) is 1.73. The van der Waals surface area contributed by atoms with E-state index in [0.29, 0.717) is 0 Å². The van der Waals surface area contributed by atoms with Crippen molar-refractivity contribution in [2.24, 2.45) is 0 Å². The number of aliphatic hydroxyl groups is 4. The standard InChI is InChI=1S/C6H10O7/c7-1-12-6-4(10)2(8)3(9)5(11)13-6/h1-6,8-11H/t2-,3?,4-,5+,6?/m0/s1. The molecule has 0 radical (unpaired) electrons. The van der Waals surface area contributed by atoms with Crippen molar-refractivity contribution in [3.63, 3.8) is 0 Å². The zero-order valence-corrected chi connectivity index (χ0v) is 6.48. The topological polar surface area (TPSA) is 116 Å². The van der Waals surface area contributed by atoms with E-state index in [4.69, 9.17) is 20.4 Å². The van der Waals surface area contributed by atoms with E-state index in [0.717, 1.165) is 0 Å². The number of aliphatic hydroxyl groups excluding tert-OH is 4. The summed E-state index contributed by atoms with van der Waals surface area (Å²) in [6, 6.07) is 0. The molecule has 0 aliphatic carbocycles. The van der Waals surface area contributed by atoms with Crippen LogP contribution < -0.4 is 0 Å². The van der Waals surface area contributed by atoms with Crippen LogP contribution in [0.15, 0.2) is 0 Å². The highest BCUT2D eigenvalue weighted by atomic mass is 16.8. The highest BCUT2D eigenvalue weighted by molar-refractivity contribution is 5.37. The van der Waals surface area contributed by atoms with E-state index in [1.807, 2.05) is 0 Å². The van der Waals surface area contributed by atoms with Crippen LogP contribution in [0.1, 0.15) is 0 Å². The van der Waals surface area contributed by atoms with Crippen molar-refractivity contribution in [3.05, 3.63) is 0 Å². The molecular formula is C6H10O7. The van der Waals surface area contributed by atoms with E-state index in [2.05, 4.69) is 9.47 Å². The predicted octanol–water partition coefficient (Wildman–Crippen LogP) is -3.08. The fourth-order valence-corrected chi connectivity index (χ4v) is 0.997. The van der Waals surface area contributed by atoms with Gasteiger partial charge in [-0.1, -0.05) is 0 Å². The number of ether oxygens (including phenoxy) is 2. The molecule has 1 heterocycles. The summed E-state index contributed by atoms with van der Waals surface area (Å²) >= 11 is 0. The molecule has 1 aliphatic rings. The summed E-state index contributed by atoms with van der Waals surface area (Å²) in [5, 5.41) is 36.1. The second-order valence-corrected chi connectivity index (χ2v) is 2.60. The summed E-state index contributed by atoms with van der Waals surface area (Å²) in [5.74, 6) is 0. The molecule has 5 atom stereocenters. The zero-order chi connectivity index (χ0) is 10.0. The van der Waals surface area contributed by atoms with E-state index in [-0.39, 0.29) is 6.47 Å². The Morgan fingerprint density at radius 3 is 2.23 bits per heavy atom. The van der Waals surface area contributed by atoms with Crippen LogP contribution >= 0.6 is 0 Å². The lowest BCUT2D eigenvalue weighted by atomic mass is 10.0. The second kappa shape index (κ2) is 3.99. The maximum absolute atomic E-state index is 9.87. The summed E-state index contributed by atoms with van der Waals surface area (Å²) < 4.78 is 8.66. The van der Waals surface area contributed by atoms with Crippen LogP contribution in [0.4, 0.5) is 0 Å². The van der Waals surface area contributed by atoms with Gasteiger partial charge in [-0.15, -0.1) is 0 Å². The predicted molar refractivity (Wildman–Crippen MR) is 36.0 cm³/mol. The van der Waals surface area contributed by atoms with Crippen LogP contribution in [-0.2, 0) is 14.3 Å². The van der Waals surface area contributed by atoms with E-state index in [9.17, 15) is 4.79 Å². The van der Waals surface area contributed by atoms with Gasteiger partial charge in [0, 0.05) is 0 Å². The van der Waals surface area contributed by atoms with Gasteiger partial charge in [0.05, 0.1) is 0 Å². The minimum absolute atomic E-state index is 0.00499. The average molecular weight is 194 g/mol. The molecule has 0 bridgehead atoms. The molecule has 0 aromatic rings. The van der Waals surface area contributed by atoms with Crippen molar-refractivity contribution >= 4 is 6.47 Å². The molecule has 0 amide bonds. The minimum atomic E-state index is -1.69. The lowest BCUT2D eigenvalue weighted by molar-refractivity contribution is -0.328. The third-order valence-corrected chi connectivity index (χ3v) is 1.73. The van der Waals surface area contributed by atoms with Gasteiger partial charge >= 0.3 is 0 Å². The van der Waals surface area contributed by atoms with Crippen LogP contribution in [0, 0.1) is 0 Å². The van der Waals surface area contributed by atoms with Gasteiger partial charge in [0.2, 0.25) is 6.29 Å². The molecule has 0 aromatic carbocycles. The van der Waals surface area contributed by atoms with Crippen LogP contribution in [0.3, 0.4) is 0 Å². The second-order valence-electron chi connectivity index (χ2n) is 2.60. The molecule has 4 N–H and O–H groups in total. The van der Waals surface area contributed by atoms with Crippen molar-refractivity contribution in [2.75, 3.05) is 0 Å². The molecule has 2 unspecified atom stereocenters. The number of hydrogen-bond acceptors (Lipinski definition) is 7. The molecule has 0 aromatic heterocycles. The normalized spacial score (nSPS) is 45.7. The molecule has 1 fully saturated rings. The maximum Gasteiger partial charge on any atom is 0.295 e. The first-order chi connectivity index (χ1) is 6.07. The smallest absolute Gasteiger partial charge is 0.295 e. The molecule has 1 rings (SSSR count). The molecule has 7 heteroatoms. The summed E-state index contributed by atoms with van der Waals surface area (Å²) in [6.45, 7) is 0.00499. The van der Waals surface area contributed by atoms with E-state index in [1.165, 1.54) is 0 Å². The highest BCUT2D eigenvalue weighted by Crippen LogP contribution is 2.19. The summed E-state index contributed by atoms with van der Waals surface area (Å²) in [4.78, 5) is 9.87. The Kier molecular flexibility index (Phi) is 3.17. The Morgan fingerprint density at radius 1 is 1.08 bits per heavy atom. The van der Waals surface area contributed by atoms with Gasteiger partial charge in [0.25, 0.3) is 6.47 Å². The van der Waals surface area contributed by atoms with Gasteiger partial charge in [-0.25, -0.2) is 0 Å². The van der Waals surface area contributed by atoms with Crippen molar-refractivity contribution in [3.8, 4) is 0 Å². The quantitative estimate of drug-likeness (QED) is 0.344. The van der Waals surface area contributed by atoms with Crippen molar-refractivity contribution in [1.29, 1.82) is 0 Å². The SMILES string of the molecule is O=COC1O[C@@H](O)C(O)[C@H](O)[C@@H]1O. The van der Waals surface area contributed by atoms with E-state index >= 15 is 0 Å². The van der Waals surface area contributed by atoms with Gasteiger partial charge in [0.1, 0.15) is 18.3 Å². The Labute approximate surface area is 73.1 Å². The van der Waals surface area contributed by atoms with E-state index in [1.54, 1.807) is 0 Å². The molecular weight excluding hydrogens is 184 g/mol. The number of carbonyl (C=O) groups excluding carboxylic acids is 1. The van der Waals surface area contributed by atoms with E-state index < -0.39 is 30.9 Å². The van der Waals surface area contributed by atoms with Gasteiger partial charge in [0.15, 0.2) is 6.29 Å². The summed E-state index contributed by atoms with van der Waals surface area (Å²) in [5.41, 5.74) is 0. The van der Waals surface area contributed by atoms with Gasteiger partial charge in [-0.2, -0.15) is 0 Å². The lowest BCUT2D eigenvalue weighted by Gasteiger charge is -2.36. The van der Waals surface area contributed by atoms with Crippen LogP contribution in [0.25, 0.3) is 0 Å². The first kappa shape index (κ1) is 10.4. The maximum atomic E-state index is 9.87. The summed E-state index contributed by atoms with van der Waals surface area (Å²) in [7, 11) is 0. The van der Waals surface area contributed by atoms with Gasteiger partial charge in [-0.3, -0.25) is 4.79 Å². The molecule has 13 heavy (non-hydrogen) atoms. The lowest BCUT2D eigenvalue weighted by Crippen LogP contribution is -2.58. The fraction of sp³-hybridized carbons (Fsp3) is 0.833. The van der Waals surface area contributed by atoms with Gasteiger partial charge < -0.3 is 29.9 Å². The van der Waals surface area contributed by atoms with Crippen molar-refractivity contribution < 1.29 is 34.7 Å². The minimum Gasteiger partial charge on any atom is -0.435 e. The monoisotopic (exact) mass is 194 g/mol. The number of rotatable bonds is 2. The van der Waals surface area contributed by atoms with Crippen LogP contribution in [-0.4, -0.2) is 57.8 Å². The largest absolute Gasteiger partial charge is 0.435 e. The van der Waals surface area contributed by atoms with Crippen molar-refractivity contribution in [1.82, 2.24) is 0 Å². The fourth-order valence-electron chi connectivity index (χ4n) is 0.997. The Hall–Kier alpha value is -0.730. The molecule has 76 valence electrons. The van der Waals surface area contributed by atoms with Crippen LogP contribution in [0.2, 0.25) is 0 Å². The Balaban J connectivity index is 2.64. The molecule has 0 saturated carbocycles. The molecule has 0 spiro atoms. The summed E-state index contributed by atoms with van der Waals surface area (Å²) in [6.07, 6.45) is -7.98.